The summed E-state index contributed by atoms with van der Waals surface area (Å²) in [6.45, 7) is 6.20. The second kappa shape index (κ2) is 8.27. The molecular formula is C19H25N3O2S. The molecule has 0 heterocycles. The van der Waals surface area contributed by atoms with E-state index in [1.54, 1.807) is 30.6 Å². The van der Waals surface area contributed by atoms with Gasteiger partial charge in [-0.15, -0.1) is 0 Å². The number of aliphatic imine (C=N–C) groups is 1. The summed E-state index contributed by atoms with van der Waals surface area (Å²) in [5.74, 6) is 0. The molecule has 0 spiro atoms. The number of hydrogen-bond acceptors (Lipinski definition) is 3. The number of nitrogens with one attached hydrogen (secondary N) is 1. The standard InChI is InChI=1S/C19H25N3O2S/c1-15-5-9-18(10-6-15)20-14-22(4)17(3)13-21-25(23,24)19-11-7-16(2)8-12-19/h5-12,14,17,21H,13H2,1-4H3. The SMILES string of the molecule is Cc1ccc(N=CN(C)C(C)CNS(=O)(=O)c2ccc(C)cc2)cc1. The van der Waals surface area contributed by atoms with Crippen molar-refractivity contribution in [2.24, 2.45) is 4.99 Å². The summed E-state index contributed by atoms with van der Waals surface area (Å²) >= 11 is 0. The Morgan fingerprint density at radius 3 is 2.12 bits per heavy atom. The molecule has 1 N–H and O–H groups in total. The Morgan fingerprint density at radius 2 is 1.56 bits per heavy atom. The van der Waals surface area contributed by atoms with E-state index in [0.717, 1.165) is 11.3 Å². The average Bonchev–Trinajstić information content (AvgIpc) is 2.59. The van der Waals surface area contributed by atoms with Crippen LogP contribution in [0.2, 0.25) is 0 Å². The Hall–Kier alpha value is -2.18. The van der Waals surface area contributed by atoms with E-state index in [1.165, 1.54) is 5.56 Å². The van der Waals surface area contributed by atoms with Crippen molar-refractivity contribution >= 4 is 22.0 Å². The molecule has 2 aromatic rings. The summed E-state index contributed by atoms with van der Waals surface area (Å²) < 4.78 is 27.3. The lowest BCUT2D eigenvalue weighted by Crippen LogP contribution is -2.39. The molecule has 6 heteroatoms. The van der Waals surface area contributed by atoms with Gasteiger partial charge in [-0.25, -0.2) is 18.1 Å². The van der Waals surface area contributed by atoms with Crippen molar-refractivity contribution in [3.63, 3.8) is 0 Å². The first-order valence-corrected chi connectivity index (χ1v) is 9.65. The fraction of sp³-hybridized carbons (Fsp3) is 0.316. The fourth-order valence-electron chi connectivity index (χ4n) is 2.08. The van der Waals surface area contributed by atoms with E-state index in [9.17, 15) is 8.42 Å². The van der Waals surface area contributed by atoms with Crippen LogP contribution in [0.15, 0.2) is 58.4 Å². The van der Waals surface area contributed by atoms with Gasteiger partial charge in [0.25, 0.3) is 0 Å². The van der Waals surface area contributed by atoms with Gasteiger partial charge in [-0.05, 0) is 45.0 Å². The Kier molecular flexibility index (Phi) is 6.33. The zero-order valence-corrected chi connectivity index (χ0v) is 15.9. The van der Waals surface area contributed by atoms with Gasteiger partial charge in [-0.2, -0.15) is 0 Å². The number of sulfonamides is 1. The van der Waals surface area contributed by atoms with Crippen LogP contribution in [0.5, 0.6) is 0 Å². The minimum absolute atomic E-state index is 0.0329. The summed E-state index contributed by atoms with van der Waals surface area (Å²) in [6, 6.07) is 14.7. The molecule has 0 aliphatic rings. The van der Waals surface area contributed by atoms with Crippen molar-refractivity contribution in [2.45, 2.75) is 31.7 Å². The van der Waals surface area contributed by atoms with E-state index in [-0.39, 0.29) is 10.9 Å². The predicted octanol–water partition coefficient (Wildman–Crippen LogP) is 3.26. The summed E-state index contributed by atoms with van der Waals surface area (Å²) in [7, 11) is -1.62. The summed E-state index contributed by atoms with van der Waals surface area (Å²) in [4.78, 5) is 6.57. The highest BCUT2D eigenvalue weighted by molar-refractivity contribution is 7.89. The summed E-state index contributed by atoms with van der Waals surface area (Å²) in [5, 5.41) is 0. The van der Waals surface area contributed by atoms with Gasteiger partial charge in [-0.1, -0.05) is 35.4 Å². The predicted molar refractivity (Wildman–Crippen MR) is 103 cm³/mol. The molecule has 0 saturated carbocycles. The van der Waals surface area contributed by atoms with Crippen molar-refractivity contribution in [1.82, 2.24) is 9.62 Å². The van der Waals surface area contributed by atoms with Crippen LogP contribution in [-0.2, 0) is 10.0 Å². The van der Waals surface area contributed by atoms with E-state index < -0.39 is 10.0 Å². The second-order valence-corrected chi connectivity index (χ2v) is 8.03. The van der Waals surface area contributed by atoms with Crippen LogP contribution < -0.4 is 4.72 Å². The number of nitrogens with zero attached hydrogens (tertiary/aromatic N) is 2. The maximum Gasteiger partial charge on any atom is 0.240 e. The van der Waals surface area contributed by atoms with Gasteiger partial charge in [0.2, 0.25) is 10.0 Å². The van der Waals surface area contributed by atoms with Crippen LogP contribution >= 0.6 is 0 Å². The lowest BCUT2D eigenvalue weighted by molar-refractivity contribution is 0.397. The summed E-state index contributed by atoms with van der Waals surface area (Å²) in [6.07, 6.45) is 1.72. The van der Waals surface area contributed by atoms with Gasteiger partial charge in [0, 0.05) is 19.6 Å². The molecule has 134 valence electrons. The zero-order valence-electron chi connectivity index (χ0n) is 15.1. The molecule has 0 radical (unpaired) electrons. The van der Waals surface area contributed by atoms with Gasteiger partial charge < -0.3 is 4.90 Å². The molecule has 0 saturated heterocycles. The lowest BCUT2D eigenvalue weighted by Gasteiger charge is -2.22. The molecule has 0 aliphatic carbocycles. The first-order chi connectivity index (χ1) is 11.8. The molecule has 5 nitrogen and oxygen atoms in total. The zero-order chi connectivity index (χ0) is 18.4. The number of benzene rings is 2. The van der Waals surface area contributed by atoms with Gasteiger partial charge in [0.1, 0.15) is 0 Å². The molecule has 0 aliphatic heterocycles. The van der Waals surface area contributed by atoms with E-state index in [0.29, 0.717) is 6.54 Å². The minimum Gasteiger partial charge on any atom is -0.362 e. The first-order valence-electron chi connectivity index (χ1n) is 8.17. The molecule has 25 heavy (non-hydrogen) atoms. The monoisotopic (exact) mass is 359 g/mol. The highest BCUT2D eigenvalue weighted by atomic mass is 32.2. The number of likely N-dealkylation sites (N-methyl/N-ethyl adjacent to an activating group) is 1. The van der Waals surface area contributed by atoms with Gasteiger partial charge >= 0.3 is 0 Å². The van der Waals surface area contributed by atoms with Gasteiger partial charge in [0.05, 0.1) is 16.9 Å². The molecule has 0 bridgehead atoms. The molecule has 0 fully saturated rings. The Labute approximate surface area is 150 Å². The van der Waals surface area contributed by atoms with E-state index in [2.05, 4.69) is 9.71 Å². The lowest BCUT2D eigenvalue weighted by atomic mass is 10.2. The molecule has 1 atom stereocenters. The minimum atomic E-state index is -3.50. The normalized spacial score (nSPS) is 13.1. The molecule has 1 unspecified atom stereocenters. The van der Waals surface area contributed by atoms with Crippen molar-refractivity contribution in [3.8, 4) is 0 Å². The molecule has 0 aromatic heterocycles. The van der Waals surface area contributed by atoms with E-state index >= 15 is 0 Å². The second-order valence-electron chi connectivity index (χ2n) is 6.26. The van der Waals surface area contributed by atoms with Crippen LogP contribution in [-0.4, -0.2) is 39.3 Å². The molecular weight excluding hydrogens is 334 g/mol. The van der Waals surface area contributed by atoms with E-state index in [1.807, 2.05) is 57.0 Å². The van der Waals surface area contributed by atoms with Crippen molar-refractivity contribution in [1.29, 1.82) is 0 Å². The third kappa shape index (κ3) is 5.69. The van der Waals surface area contributed by atoms with Crippen molar-refractivity contribution in [2.75, 3.05) is 13.6 Å². The smallest absolute Gasteiger partial charge is 0.240 e. The number of aryl methyl sites for hydroxylation is 2. The van der Waals surface area contributed by atoms with Crippen molar-refractivity contribution in [3.05, 3.63) is 59.7 Å². The third-order valence-electron chi connectivity index (χ3n) is 4.02. The van der Waals surface area contributed by atoms with Crippen LogP contribution in [0.25, 0.3) is 0 Å². The largest absolute Gasteiger partial charge is 0.362 e. The Bertz CT molecular complexity index is 813. The van der Waals surface area contributed by atoms with Crippen molar-refractivity contribution < 1.29 is 8.42 Å². The van der Waals surface area contributed by atoms with Crippen LogP contribution in [0.4, 0.5) is 5.69 Å². The van der Waals surface area contributed by atoms with Gasteiger partial charge in [-0.3, -0.25) is 0 Å². The Balaban J connectivity index is 1.93. The highest BCUT2D eigenvalue weighted by Gasteiger charge is 2.16. The first kappa shape index (κ1) is 19.1. The fourth-order valence-corrected chi connectivity index (χ4v) is 3.20. The number of rotatable bonds is 7. The van der Waals surface area contributed by atoms with Crippen LogP contribution in [0.1, 0.15) is 18.1 Å². The average molecular weight is 359 g/mol. The van der Waals surface area contributed by atoms with Crippen LogP contribution in [0, 0.1) is 13.8 Å². The van der Waals surface area contributed by atoms with Crippen LogP contribution in [0.3, 0.4) is 0 Å². The molecule has 2 aromatic carbocycles. The highest BCUT2D eigenvalue weighted by Crippen LogP contribution is 2.12. The molecule has 2 rings (SSSR count). The third-order valence-corrected chi connectivity index (χ3v) is 5.46. The van der Waals surface area contributed by atoms with Gasteiger partial charge in [0.15, 0.2) is 0 Å². The number of hydrogen-bond donors (Lipinski definition) is 1. The quantitative estimate of drug-likeness (QED) is 0.610. The Morgan fingerprint density at radius 1 is 1.04 bits per heavy atom. The van der Waals surface area contributed by atoms with E-state index in [4.69, 9.17) is 0 Å². The molecule has 0 amide bonds. The summed E-state index contributed by atoms with van der Waals surface area (Å²) in [5.41, 5.74) is 3.08. The maximum absolute atomic E-state index is 12.3. The topological polar surface area (TPSA) is 61.8 Å². The maximum atomic E-state index is 12.3.